The summed E-state index contributed by atoms with van der Waals surface area (Å²) in [7, 11) is -3.48. The molecule has 2 heterocycles. The molecular weight excluding hydrogens is 390 g/mol. The molecule has 0 amide bonds. The molecule has 8 heteroatoms. The van der Waals surface area contributed by atoms with Crippen molar-refractivity contribution in [1.82, 2.24) is 14.3 Å². The van der Waals surface area contributed by atoms with Crippen molar-refractivity contribution < 1.29 is 17.9 Å². The van der Waals surface area contributed by atoms with Crippen molar-refractivity contribution in [2.75, 3.05) is 12.4 Å². The molecule has 1 N–H and O–H groups in total. The Morgan fingerprint density at radius 2 is 2.14 bits per heavy atom. The zero-order chi connectivity index (χ0) is 20.4. The van der Waals surface area contributed by atoms with Crippen molar-refractivity contribution in [2.45, 2.75) is 39.5 Å². The third-order valence-corrected chi connectivity index (χ3v) is 6.29. The van der Waals surface area contributed by atoms with Crippen molar-refractivity contribution in [1.29, 1.82) is 0 Å². The van der Waals surface area contributed by atoms with Crippen LogP contribution in [0.1, 0.15) is 25.0 Å². The molecule has 0 saturated heterocycles. The Kier molecular flexibility index (Phi) is 5.47. The highest BCUT2D eigenvalue weighted by Gasteiger charge is 2.22. The van der Waals surface area contributed by atoms with E-state index < -0.39 is 10.0 Å². The monoisotopic (exact) mass is 415 g/mol. The number of sulfonamides is 1. The van der Waals surface area contributed by atoms with E-state index in [1.54, 1.807) is 6.33 Å². The van der Waals surface area contributed by atoms with Gasteiger partial charge in [0.05, 0.1) is 29.7 Å². The minimum atomic E-state index is -3.48. The number of rotatable bonds is 8. The van der Waals surface area contributed by atoms with E-state index >= 15 is 0 Å². The first-order chi connectivity index (χ1) is 13.9. The second-order valence-electron chi connectivity index (χ2n) is 7.20. The minimum absolute atomic E-state index is 0.0319. The number of aryl methyl sites for hydroxylation is 1. The molecule has 3 aromatic rings. The Balaban J connectivity index is 1.44. The maximum absolute atomic E-state index is 12.6. The van der Waals surface area contributed by atoms with Crippen molar-refractivity contribution in [3.05, 3.63) is 53.9 Å². The van der Waals surface area contributed by atoms with Gasteiger partial charge in [0.2, 0.25) is 10.0 Å². The third kappa shape index (κ3) is 4.38. The van der Waals surface area contributed by atoms with E-state index in [2.05, 4.69) is 9.71 Å². The SMILES string of the molecule is CCOc1cc2c(cc1CNS(=O)(=O)CCn1cnc3ccccc31)O[C@@H](C)C2. The van der Waals surface area contributed by atoms with Gasteiger partial charge < -0.3 is 14.0 Å². The van der Waals surface area contributed by atoms with Gasteiger partial charge in [-0.15, -0.1) is 0 Å². The largest absolute Gasteiger partial charge is 0.494 e. The van der Waals surface area contributed by atoms with Crippen molar-refractivity contribution >= 4 is 21.1 Å². The fraction of sp³-hybridized carbons (Fsp3) is 0.381. The summed E-state index contributed by atoms with van der Waals surface area (Å²) in [5, 5.41) is 0. The lowest BCUT2D eigenvalue weighted by Gasteiger charge is -2.14. The van der Waals surface area contributed by atoms with Gasteiger partial charge in [-0.3, -0.25) is 0 Å². The van der Waals surface area contributed by atoms with E-state index in [1.165, 1.54) is 0 Å². The van der Waals surface area contributed by atoms with Crippen LogP contribution >= 0.6 is 0 Å². The van der Waals surface area contributed by atoms with E-state index in [0.29, 0.717) is 18.9 Å². The number of ether oxygens (including phenoxy) is 2. The first kappa shape index (κ1) is 19.7. The summed E-state index contributed by atoms with van der Waals surface area (Å²) in [4.78, 5) is 4.30. The lowest BCUT2D eigenvalue weighted by Crippen LogP contribution is -2.28. The molecule has 1 atom stereocenters. The fourth-order valence-electron chi connectivity index (χ4n) is 3.58. The Morgan fingerprint density at radius 3 is 2.97 bits per heavy atom. The lowest BCUT2D eigenvalue weighted by molar-refractivity contribution is 0.254. The number of aromatic nitrogens is 2. The molecule has 29 heavy (non-hydrogen) atoms. The summed E-state index contributed by atoms with van der Waals surface area (Å²) < 4.78 is 41.2. The molecule has 1 aliphatic rings. The molecule has 0 spiro atoms. The number of imidazole rings is 1. The zero-order valence-corrected chi connectivity index (χ0v) is 17.4. The van der Waals surface area contributed by atoms with Gasteiger partial charge in [-0.25, -0.2) is 18.1 Å². The van der Waals surface area contributed by atoms with E-state index in [4.69, 9.17) is 9.47 Å². The van der Waals surface area contributed by atoms with Crippen LogP contribution in [-0.4, -0.2) is 36.4 Å². The van der Waals surface area contributed by atoms with E-state index in [0.717, 1.165) is 34.3 Å². The average molecular weight is 416 g/mol. The van der Waals surface area contributed by atoms with Gasteiger partial charge in [0.1, 0.15) is 17.6 Å². The lowest BCUT2D eigenvalue weighted by atomic mass is 10.1. The van der Waals surface area contributed by atoms with Gasteiger partial charge in [-0.1, -0.05) is 12.1 Å². The van der Waals surface area contributed by atoms with Gasteiger partial charge in [0.15, 0.2) is 0 Å². The van der Waals surface area contributed by atoms with Crippen LogP contribution in [0.5, 0.6) is 11.5 Å². The van der Waals surface area contributed by atoms with Crippen LogP contribution in [0, 0.1) is 0 Å². The van der Waals surface area contributed by atoms with Gasteiger partial charge in [0.25, 0.3) is 0 Å². The highest BCUT2D eigenvalue weighted by Crippen LogP contribution is 2.35. The highest BCUT2D eigenvalue weighted by molar-refractivity contribution is 7.89. The van der Waals surface area contributed by atoms with Crippen LogP contribution in [0.25, 0.3) is 11.0 Å². The summed E-state index contributed by atoms with van der Waals surface area (Å²) in [6.07, 6.45) is 2.63. The standard InChI is InChI=1S/C21H25N3O4S/c1-3-27-20-11-16-10-15(2)28-21(16)12-17(20)13-23-29(25,26)9-8-24-14-22-18-6-4-5-7-19(18)24/h4-7,11-12,14-15,23H,3,8-10,13H2,1-2H3/t15-/m0/s1. The quantitative estimate of drug-likeness (QED) is 0.612. The van der Waals surface area contributed by atoms with Crippen LogP contribution in [0.3, 0.4) is 0 Å². The molecule has 0 saturated carbocycles. The van der Waals surface area contributed by atoms with E-state index in [-0.39, 0.29) is 18.4 Å². The van der Waals surface area contributed by atoms with Crippen LogP contribution in [0.2, 0.25) is 0 Å². The number of nitrogens with one attached hydrogen (secondary N) is 1. The maximum Gasteiger partial charge on any atom is 0.213 e. The molecule has 1 aromatic heterocycles. The van der Waals surface area contributed by atoms with Gasteiger partial charge in [0, 0.05) is 30.6 Å². The predicted molar refractivity (Wildman–Crippen MR) is 112 cm³/mol. The van der Waals surface area contributed by atoms with Crippen LogP contribution in [0.15, 0.2) is 42.7 Å². The molecule has 1 aliphatic heterocycles. The molecule has 4 rings (SSSR count). The Bertz CT molecular complexity index is 1120. The van der Waals surface area contributed by atoms with Crippen molar-refractivity contribution in [2.24, 2.45) is 0 Å². The molecule has 0 bridgehead atoms. The summed E-state index contributed by atoms with van der Waals surface area (Å²) in [6.45, 7) is 4.94. The first-order valence-electron chi connectivity index (χ1n) is 9.77. The van der Waals surface area contributed by atoms with Gasteiger partial charge >= 0.3 is 0 Å². The molecule has 0 unspecified atom stereocenters. The number of hydrogen-bond acceptors (Lipinski definition) is 5. The Hall–Kier alpha value is -2.58. The van der Waals surface area contributed by atoms with Crippen molar-refractivity contribution in [3.8, 4) is 11.5 Å². The predicted octanol–water partition coefficient (Wildman–Crippen LogP) is 2.88. The molecule has 2 aromatic carbocycles. The van der Waals surface area contributed by atoms with E-state index in [1.807, 2.05) is 54.8 Å². The Labute approximate surface area is 170 Å². The molecule has 0 fully saturated rings. The number of nitrogens with zero attached hydrogens (tertiary/aromatic N) is 2. The summed E-state index contributed by atoms with van der Waals surface area (Å²) >= 11 is 0. The Morgan fingerprint density at radius 1 is 1.31 bits per heavy atom. The summed E-state index contributed by atoms with van der Waals surface area (Å²) in [5.41, 5.74) is 3.65. The number of para-hydroxylation sites is 2. The zero-order valence-electron chi connectivity index (χ0n) is 16.6. The molecule has 154 valence electrons. The highest BCUT2D eigenvalue weighted by atomic mass is 32.2. The first-order valence-corrected chi connectivity index (χ1v) is 11.4. The summed E-state index contributed by atoms with van der Waals surface area (Å²) in [5.74, 6) is 1.47. The molecule has 7 nitrogen and oxygen atoms in total. The molecular formula is C21H25N3O4S. The second-order valence-corrected chi connectivity index (χ2v) is 9.13. The minimum Gasteiger partial charge on any atom is -0.494 e. The van der Waals surface area contributed by atoms with Crippen LogP contribution < -0.4 is 14.2 Å². The van der Waals surface area contributed by atoms with Crippen molar-refractivity contribution in [3.63, 3.8) is 0 Å². The topological polar surface area (TPSA) is 82.5 Å². The van der Waals surface area contributed by atoms with E-state index in [9.17, 15) is 8.42 Å². The van der Waals surface area contributed by atoms with Gasteiger partial charge in [-0.05, 0) is 38.1 Å². The van der Waals surface area contributed by atoms with Crippen LogP contribution in [0.4, 0.5) is 0 Å². The third-order valence-electron chi connectivity index (χ3n) is 4.99. The maximum atomic E-state index is 12.6. The number of benzene rings is 2. The summed E-state index contributed by atoms with van der Waals surface area (Å²) in [6, 6.07) is 11.5. The molecule has 0 aliphatic carbocycles. The smallest absolute Gasteiger partial charge is 0.213 e. The fourth-order valence-corrected chi connectivity index (χ4v) is 4.53. The number of fused-ring (bicyclic) bond motifs is 2. The normalized spacial score (nSPS) is 16.0. The second kappa shape index (κ2) is 8.04. The van der Waals surface area contributed by atoms with Crippen LogP contribution in [-0.2, 0) is 29.5 Å². The molecule has 0 radical (unpaired) electrons. The average Bonchev–Trinajstić information content (AvgIpc) is 3.27. The van der Waals surface area contributed by atoms with Gasteiger partial charge in [-0.2, -0.15) is 0 Å². The number of hydrogen-bond donors (Lipinski definition) is 1.